The summed E-state index contributed by atoms with van der Waals surface area (Å²) < 4.78 is 36.6. The third-order valence-corrected chi connectivity index (χ3v) is 8.88. The van der Waals surface area contributed by atoms with Crippen molar-refractivity contribution in [2.24, 2.45) is 5.41 Å². The third-order valence-electron chi connectivity index (χ3n) is 4.66. The van der Waals surface area contributed by atoms with Crippen molar-refractivity contribution in [1.29, 1.82) is 0 Å². The first kappa shape index (κ1) is 34.9. The fraction of sp³-hybridized carbons (Fsp3) is 0.727. The quantitative estimate of drug-likeness (QED) is 0.0697. The molecule has 1 fully saturated rings. The predicted octanol–water partition coefficient (Wildman–Crippen LogP) is 2.83. The normalized spacial score (nSPS) is 21.6. The number of carbonyl (C=O) groups excluding carboxylic acids is 4. The number of hydrogen-bond donors (Lipinski definition) is 2. The molecule has 1 saturated heterocycles. The Morgan fingerprint density at radius 3 is 2.55 bits per heavy atom. The van der Waals surface area contributed by atoms with Crippen LogP contribution in [-0.4, -0.2) is 84.7 Å². The van der Waals surface area contributed by atoms with Crippen molar-refractivity contribution >= 4 is 65.2 Å². The van der Waals surface area contributed by atoms with Crippen LogP contribution in [0.15, 0.2) is 12.0 Å². The van der Waals surface area contributed by atoms with Crippen molar-refractivity contribution < 1.29 is 42.1 Å². The second-order valence-electron chi connectivity index (χ2n) is 9.52. The first-order valence-corrected chi connectivity index (χ1v) is 15.8. The number of halogens is 2. The van der Waals surface area contributed by atoms with Crippen molar-refractivity contribution in [1.82, 2.24) is 15.3 Å². The van der Waals surface area contributed by atoms with E-state index < -0.39 is 47.5 Å². The average Bonchev–Trinajstić information content (AvgIpc) is 3.19. The number of thioether (sulfide) groups is 1. The highest BCUT2D eigenvalue weighted by atomic mass is 35.5. The van der Waals surface area contributed by atoms with Crippen molar-refractivity contribution in [3.8, 4) is 0 Å². The Morgan fingerprint density at radius 2 is 1.97 bits per heavy atom. The van der Waals surface area contributed by atoms with Gasteiger partial charge in [0.25, 0.3) is 12.5 Å². The second-order valence-corrected chi connectivity index (χ2v) is 14.4. The van der Waals surface area contributed by atoms with E-state index in [2.05, 4.69) is 5.09 Å². The van der Waals surface area contributed by atoms with E-state index in [1.54, 1.807) is 19.2 Å². The van der Waals surface area contributed by atoms with Crippen molar-refractivity contribution in [2.75, 3.05) is 32.6 Å². The van der Waals surface area contributed by atoms with Gasteiger partial charge in [-0.2, -0.15) is 4.39 Å². The Hall–Kier alpha value is -1.12. The van der Waals surface area contributed by atoms with E-state index in [-0.39, 0.29) is 37.4 Å². The van der Waals surface area contributed by atoms with Crippen LogP contribution in [-0.2, 0) is 49.5 Å². The first-order valence-electron chi connectivity index (χ1n) is 11.7. The van der Waals surface area contributed by atoms with Crippen LogP contribution in [0.3, 0.4) is 0 Å². The third kappa shape index (κ3) is 12.8. The van der Waals surface area contributed by atoms with Crippen molar-refractivity contribution in [3.63, 3.8) is 0 Å². The number of amides is 2. The van der Waals surface area contributed by atoms with Gasteiger partial charge in [0.2, 0.25) is 12.2 Å². The highest BCUT2D eigenvalue weighted by Crippen LogP contribution is 2.45. The minimum atomic E-state index is -3.21. The molecule has 0 aromatic heterocycles. The molecule has 38 heavy (non-hydrogen) atoms. The molecular weight excluding hydrogens is 584 g/mol. The van der Waals surface area contributed by atoms with Gasteiger partial charge < -0.3 is 23.4 Å². The Kier molecular flexibility index (Phi) is 14.9. The molecule has 0 aromatic carbocycles. The molecule has 11 nitrogen and oxygen atoms in total. The summed E-state index contributed by atoms with van der Waals surface area (Å²) in [7, 11) is 1.46. The van der Waals surface area contributed by atoms with Crippen LogP contribution in [0.4, 0.5) is 4.39 Å². The van der Waals surface area contributed by atoms with E-state index in [1.165, 1.54) is 11.9 Å². The van der Waals surface area contributed by atoms with Gasteiger partial charge in [0.15, 0.2) is 5.12 Å². The Balaban J connectivity index is 2.77. The van der Waals surface area contributed by atoms with Gasteiger partial charge in [0.1, 0.15) is 12.8 Å². The van der Waals surface area contributed by atoms with Crippen LogP contribution in [0, 0.1) is 5.41 Å². The molecule has 2 N–H and O–H groups in total. The van der Waals surface area contributed by atoms with Crippen LogP contribution < -0.4 is 10.4 Å². The van der Waals surface area contributed by atoms with Crippen molar-refractivity contribution in [3.05, 3.63) is 12.0 Å². The maximum Gasteiger partial charge on any atom is 0.320 e. The standard InChI is InChI=1S/C22H36ClFN3O8PS2/c1-14(2)34-18(29)10-26-36(37,32-7-8-38-21(31)22(3,4)5)33-12-15-9-16(23)20(35-15)27(6)11-17(24)19(30)25-13-28/h11,13-16,20H,7-10,12H2,1-6H3,(H,26,37)(H,25,28,30)/b17-11+/t15?,16?,20?,36-/m1/s1. The minimum Gasteiger partial charge on any atom is -0.462 e. The lowest BCUT2D eigenvalue weighted by Crippen LogP contribution is -2.34. The van der Waals surface area contributed by atoms with Gasteiger partial charge in [0.05, 0.1) is 30.8 Å². The van der Waals surface area contributed by atoms with Crippen LogP contribution in [0.2, 0.25) is 0 Å². The number of ether oxygens (including phenoxy) is 2. The lowest BCUT2D eigenvalue weighted by Gasteiger charge is -2.26. The SMILES string of the molecule is CC(C)OC(=O)CN[P@@](=S)(OCCSC(=O)C(C)(C)C)OCC1CC(Cl)C(N(C)/C=C(/F)C(=O)NC=O)O1. The largest absolute Gasteiger partial charge is 0.462 e. The minimum absolute atomic E-state index is 0.000545. The average molecular weight is 620 g/mol. The zero-order valence-corrected chi connectivity index (χ0v) is 25.5. The van der Waals surface area contributed by atoms with Gasteiger partial charge in [-0.3, -0.25) is 24.5 Å². The summed E-state index contributed by atoms with van der Waals surface area (Å²) in [6.07, 6.45) is -0.413. The smallest absolute Gasteiger partial charge is 0.320 e. The molecule has 3 unspecified atom stereocenters. The molecule has 0 spiro atoms. The van der Waals surface area contributed by atoms with Gasteiger partial charge in [-0.25, -0.2) is 5.09 Å². The fourth-order valence-corrected chi connectivity index (χ4v) is 6.10. The molecule has 2 amide bonds. The Labute approximate surface area is 237 Å². The summed E-state index contributed by atoms with van der Waals surface area (Å²) in [5, 5.41) is 3.94. The molecular formula is C22H36ClFN3O8PS2. The Morgan fingerprint density at radius 1 is 1.32 bits per heavy atom. The zero-order chi connectivity index (χ0) is 29.1. The van der Waals surface area contributed by atoms with Crippen LogP contribution in [0.1, 0.15) is 41.0 Å². The number of rotatable bonds is 15. The molecule has 1 aliphatic rings. The highest BCUT2D eigenvalue weighted by molar-refractivity contribution is 8.13. The lowest BCUT2D eigenvalue weighted by molar-refractivity contribution is -0.146. The van der Waals surface area contributed by atoms with E-state index >= 15 is 0 Å². The summed E-state index contributed by atoms with van der Waals surface area (Å²) in [4.78, 5) is 47.2. The molecule has 0 saturated carbocycles. The molecule has 1 aliphatic heterocycles. The molecule has 0 bridgehead atoms. The number of esters is 1. The number of alkyl halides is 1. The van der Waals surface area contributed by atoms with E-state index in [0.29, 0.717) is 12.2 Å². The molecule has 218 valence electrons. The van der Waals surface area contributed by atoms with Crippen LogP contribution >= 0.6 is 30.0 Å². The summed E-state index contributed by atoms with van der Waals surface area (Å²) in [6, 6.07) is 0. The Bertz CT molecular complexity index is 922. The maximum absolute atomic E-state index is 13.9. The van der Waals surface area contributed by atoms with Gasteiger partial charge in [0, 0.05) is 24.4 Å². The van der Waals surface area contributed by atoms with E-state index in [9.17, 15) is 23.6 Å². The number of nitrogens with one attached hydrogen (secondary N) is 2. The molecule has 0 radical (unpaired) electrons. The summed E-state index contributed by atoms with van der Waals surface area (Å²) in [5.74, 6) is -2.60. The number of nitrogens with zero attached hydrogens (tertiary/aromatic N) is 1. The monoisotopic (exact) mass is 619 g/mol. The summed E-state index contributed by atoms with van der Waals surface area (Å²) >= 11 is 13.1. The highest BCUT2D eigenvalue weighted by Gasteiger charge is 2.37. The fourth-order valence-electron chi connectivity index (χ4n) is 2.88. The zero-order valence-electron chi connectivity index (χ0n) is 22.2. The van der Waals surface area contributed by atoms with E-state index in [0.717, 1.165) is 18.0 Å². The van der Waals surface area contributed by atoms with Crippen LogP contribution in [0.5, 0.6) is 0 Å². The van der Waals surface area contributed by atoms with E-state index in [4.69, 9.17) is 41.9 Å². The number of carbonyl (C=O) groups is 4. The summed E-state index contributed by atoms with van der Waals surface area (Å²) in [5.41, 5.74) is -0.502. The van der Waals surface area contributed by atoms with Gasteiger partial charge in [-0.1, -0.05) is 32.5 Å². The topological polar surface area (TPSA) is 132 Å². The second kappa shape index (κ2) is 16.2. The lowest BCUT2D eigenvalue weighted by atomic mass is 10.00. The van der Waals surface area contributed by atoms with Gasteiger partial charge >= 0.3 is 5.97 Å². The van der Waals surface area contributed by atoms with Crippen LogP contribution in [0.25, 0.3) is 0 Å². The van der Waals surface area contributed by atoms with E-state index in [1.807, 2.05) is 20.8 Å². The number of imide groups is 1. The summed E-state index contributed by atoms with van der Waals surface area (Å²) in [6.45, 7) is 5.47. The van der Waals surface area contributed by atoms with Gasteiger partial charge in [-0.05, 0) is 32.1 Å². The molecule has 0 aliphatic carbocycles. The predicted molar refractivity (Wildman–Crippen MR) is 146 cm³/mol. The number of hydrogen-bond acceptors (Lipinski definition) is 11. The molecule has 16 heteroatoms. The first-order chi connectivity index (χ1) is 17.6. The molecule has 4 atom stereocenters. The molecule has 1 rings (SSSR count). The molecule has 1 heterocycles. The maximum atomic E-state index is 13.9. The van der Waals surface area contributed by atoms with Crippen molar-refractivity contribution in [2.45, 2.75) is 64.9 Å². The molecule has 0 aromatic rings. The van der Waals surface area contributed by atoms with Gasteiger partial charge in [-0.15, -0.1) is 11.6 Å².